The van der Waals surface area contributed by atoms with E-state index in [2.05, 4.69) is 544 Å². The Balaban J connectivity index is 0.000000135. The van der Waals surface area contributed by atoms with Crippen LogP contribution in [0.3, 0.4) is 0 Å². The van der Waals surface area contributed by atoms with E-state index in [1.54, 1.807) is 0 Å². The number of hydrogen-bond acceptors (Lipinski definition) is 0. The zero-order valence-electron chi connectivity index (χ0n) is 84.1. The van der Waals surface area contributed by atoms with Gasteiger partial charge in [0, 0.05) is 55.6 Å². The van der Waals surface area contributed by atoms with Gasteiger partial charge >= 0.3 is 0 Å². The first-order valence-electron chi connectivity index (χ1n) is 47.2. The van der Waals surface area contributed by atoms with E-state index in [9.17, 15) is 0 Å². The summed E-state index contributed by atoms with van der Waals surface area (Å²) in [5.41, 5.74) is 60.9. The minimum Gasteiger partial charge on any atom is -0.200 e. The third kappa shape index (κ3) is 21.5. The highest BCUT2D eigenvalue weighted by atomic mass is 14.9. The fraction of sp³-hybridized carbons (Fsp3) is 0.202. The molecular formula is C129H134N5+5. The second-order valence-corrected chi connectivity index (χ2v) is 37.7. The highest BCUT2D eigenvalue weighted by molar-refractivity contribution is 5.90. The molecule has 0 N–H and O–H groups in total. The van der Waals surface area contributed by atoms with Gasteiger partial charge in [-0.15, -0.1) is 0 Å². The maximum Gasteiger partial charge on any atom is 0.220 e. The topological polar surface area (TPSA) is 19.4 Å². The lowest BCUT2D eigenvalue weighted by Gasteiger charge is -2.17. The van der Waals surface area contributed by atoms with Gasteiger partial charge in [0.25, 0.3) is 0 Å². The number of hydrogen-bond donors (Lipinski definition) is 0. The molecule has 0 aliphatic heterocycles. The fourth-order valence-electron chi connectivity index (χ4n) is 20.3. The summed E-state index contributed by atoms with van der Waals surface area (Å²) in [6.07, 6.45) is 11.1. The summed E-state index contributed by atoms with van der Waals surface area (Å²) in [5.74, 6) is 0. The lowest BCUT2D eigenvalue weighted by molar-refractivity contribution is -0.660. The van der Waals surface area contributed by atoms with Crippen LogP contribution in [-0.2, 0) is 35.2 Å². The Kier molecular flexibility index (Phi) is 30.0. The van der Waals surface area contributed by atoms with E-state index in [0.29, 0.717) is 0 Å². The zero-order valence-corrected chi connectivity index (χ0v) is 84.1. The van der Waals surface area contributed by atoms with Gasteiger partial charge in [0.1, 0.15) is 35.2 Å². The summed E-state index contributed by atoms with van der Waals surface area (Å²) in [7, 11) is 10.7. The second-order valence-electron chi connectivity index (χ2n) is 37.7. The van der Waals surface area contributed by atoms with Gasteiger partial charge in [0.05, 0.1) is 27.8 Å². The molecule has 670 valence electrons. The standard InChI is InChI=1S/C29H30N.C28H28N.C27H26N.C23H26N.C22H24N/c1-19-11-13-24(14-12-19)25-16-22(4)28(23(5)17-25)27-15-20(2)18-30(6)29(27)26-10-8-7-9-21(26)3;1-19-15-26(28(29(5)18-19)25-14-10-9-11-20(25)2)27-21(3)16-24(17-22(27)4)23-12-7-6-8-13-23;1-19-16-26(27(28(4)18-19)25-13-9-8-10-20(25)2)24-15-14-23(17-21(24)3)22-11-6-5-7-12-22;1-15-11-18(4)22(19(5)12-15)21-13-16(2)14-24(6)23(21)20-10-8-7-9-17(20)3;1-15-10-11-19(18(4)12-15)21-13-16(2)14-23(5)22(21)20-9-7-6-8-17(20)3/h7-18H,1-6H3;6-18H,1-5H3;5-18H,1-4H3;7-14H,1-6H3;6-14H,1-5H3/q5*+1. The summed E-state index contributed by atoms with van der Waals surface area (Å²) < 4.78 is 11.3. The molecular weight excluding hydrogens is 1620 g/mol. The number of benzene rings is 13. The molecule has 0 radical (unpaired) electrons. The summed E-state index contributed by atoms with van der Waals surface area (Å²) in [5, 5.41) is 0. The van der Waals surface area contributed by atoms with Crippen molar-refractivity contribution >= 4 is 0 Å². The molecule has 0 aliphatic rings. The normalized spacial score (nSPS) is 10.9. The number of nitrogens with zero attached hydrogens (tertiary/aromatic N) is 5. The highest BCUT2D eigenvalue weighted by Gasteiger charge is 2.29. The van der Waals surface area contributed by atoms with E-state index >= 15 is 0 Å². The predicted molar refractivity (Wildman–Crippen MR) is 568 cm³/mol. The Bertz CT molecular complexity index is 7310. The van der Waals surface area contributed by atoms with Crippen molar-refractivity contribution in [2.45, 2.75) is 145 Å². The second kappa shape index (κ2) is 42.0. The number of pyridine rings is 5. The third-order valence-corrected chi connectivity index (χ3v) is 26.2. The average molecular weight is 1750 g/mol. The molecule has 0 amide bonds. The lowest BCUT2D eigenvalue weighted by Crippen LogP contribution is -2.32. The van der Waals surface area contributed by atoms with E-state index in [4.69, 9.17) is 0 Å². The summed E-state index contributed by atoms with van der Waals surface area (Å²) in [6, 6.07) is 112. The summed E-state index contributed by atoms with van der Waals surface area (Å²) in [4.78, 5) is 0. The van der Waals surface area contributed by atoms with Crippen molar-refractivity contribution in [2.24, 2.45) is 35.2 Å². The molecule has 0 atom stereocenters. The van der Waals surface area contributed by atoms with E-state index in [1.165, 1.54) is 262 Å². The maximum absolute atomic E-state index is 2.34. The highest BCUT2D eigenvalue weighted by Crippen LogP contribution is 2.44. The van der Waals surface area contributed by atoms with Crippen molar-refractivity contribution in [3.8, 4) is 145 Å². The van der Waals surface area contributed by atoms with Crippen molar-refractivity contribution in [1.82, 2.24) is 0 Å². The van der Waals surface area contributed by atoms with Gasteiger partial charge in [0.2, 0.25) is 28.5 Å². The first kappa shape index (κ1) is 95.7. The van der Waals surface area contributed by atoms with Gasteiger partial charge in [-0.1, -0.05) is 265 Å². The van der Waals surface area contributed by atoms with Crippen molar-refractivity contribution < 1.29 is 22.8 Å². The number of aryl methyl sites for hydroxylation is 26. The fourth-order valence-corrected chi connectivity index (χ4v) is 20.3. The molecule has 5 heterocycles. The van der Waals surface area contributed by atoms with Crippen molar-refractivity contribution in [3.63, 3.8) is 0 Å². The van der Waals surface area contributed by atoms with Crippen molar-refractivity contribution in [3.05, 3.63) is 457 Å². The minimum atomic E-state index is 1.26. The molecule has 18 rings (SSSR count). The molecule has 5 nitrogen and oxygen atoms in total. The molecule has 13 aromatic carbocycles. The Labute approximate surface area is 800 Å². The average Bonchev–Trinajstić information content (AvgIpc) is 0.776. The van der Waals surface area contributed by atoms with E-state index in [0.717, 1.165) is 0 Å². The summed E-state index contributed by atoms with van der Waals surface area (Å²) in [6.45, 7) is 46.0. The van der Waals surface area contributed by atoms with Crippen LogP contribution < -0.4 is 22.8 Å². The van der Waals surface area contributed by atoms with Crippen LogP contribution in [0.1, 0.15) is 117 Å². The molecule has 0 fully saturated rings. The van der Waals surface area contributed by atoms with Gasteiger partial charge < -0.3 is 0 Å². The van der Waals surface area contributed by atoms with Crippen LogP contribution in [0, 0.1) is 145 Å². The van der Waals surface area contributed by atoms with Crippen LogP contribution in [0.4, 0.5) is 0 Å². The molecule has 0 bridgehead atoms. The number of rotatable bonds is 13. The van der Waals surface area contributed by atoms with E-state index in [-0.39, 0.29) is 0 Å². The van der Waals surface area contributed by atoms with Crippen LogP contribution in [-0.4, -0.2) is 0 Å². The SMILES string of the molecule is Cc1cc(-c2c(C)cc(-c3ccccc3)cc2C)c(-c2ccccc2C)[n+](C)c1.Cc1cc(-c2ccc(-c3ccccc3)cc2C)c(-c2ccccc2C)[n+](C)c1.Cc1cc(C)c(-c2cc(C)c[n+](C)c2-c2ccccc2C)c(C)c1.Cc1ccc(-c2cc(C)c(-c3cc(C)c[n+](C)c3-c3ccccc3C)c(C)c2)cc1.Cc1ccc(-c2cc(C)c[n+](C)c2-c2ccccc2C)c(C)c1. The minimum absolute atomic E-state index is 1.26. The Morgan fingerprint density at radius 3 is 0.634 bits per heavy atom. The van der Waals surface area contributed by atoms with Gasteiger partial charge in [0.15, 0.2) is 31.0 Å². The molecule has 0 saturated carbocycles. The quantitative estimate of drug-likeness (QED) is 0.103. The Morgan fingerprint density at radius 1 is 0.127 bits per heavy atom. The van der Waals surface area contributed by atoms with Crippen LogP contribution in [0.15, 0.2) is 340 Å². The third-order valence-electron chi connectivity index (χ3n) is 26.2. The van der Waals surface area contributed by atoms with Gasteiger partial charge in [-0.05, 0) is 340 Å². The molecule has 5 heteroatoms. The monoisotopic (exact) mass is 1750 g/mol. The maximum atomic E-state index is 2.34. The van der Waals surface area contributed by atoms with Crippen LogP contribution in [0.5, 0.6) is 0 Å². The molecule has 0 unspecified atom stereocenters. The van der Waals surface area contributed by atoms with Gasteiger partial charge in [-0.2, -0.15) is 0 Å². The lowest BCUT2D eigenvalue weighted by atomic mass is 9.88. The molecule has 134 heavy (non-hydrogen) atoms. The smallest absolute Gasteiger partial charge is 0.200 e. The largest absolute Gasteiger partial charge is 0.220 e. The molecule has 5 aromatic heterocycles. The molecule has 0 spiro atoms. The van der Waals surface area contributed by atoms with Crippen LogP contribution >= 0.6 is 0 Å². The van der Waals surface area contributed by atoms with Crippen molar-refractivity contribution in [2.75, 3.05) is 0 Å². The molecule has 0 aliphatic carbocycles. The Morgan fingerprint density at radius 2 is 0.343 bits per heavy atom. The van der Waals surface area contributed by atoms with Crippen molar-refractivity contribution in [1.29, 1.82) is 0 Å². The summed E-state index contributed by atoms with van der Waals surface area (Å²) >= 11 is 0. The zero-order chi connectivity index (χ0) is 95.6. The predicted octanol–water partition coefficient (Wildman–Crippen LogP) is 30.7. The number of aromatic nitrogens is 5. The first-order chi connectivity index (χ1) is 64.2. The van der Waals surface area contributed by atoms with Crippen LogP contribution in [0.2, 0.25) is 0 Å². The molecule has 18 aromatic rings. The van der Waals surface area contributed by atoms with E-state index in [1.807, 2.05) is 0 Å². The van der Waals surface area contributed by atoms with E-state index < -0.39 is 0 Å². The van der Waals surface area contributed by atoms with Gasteiger partial charge in [-0.3, -0.25) is 0 Å². The van der Waals surface area contributed by atoms with Crippen LogP contribution in [0.25, 0.3) is 145 Å². The first-order valence-corrected chi connectivity index (χ1v) is 47.2. The molecule has 0 saturated heterocycles. The van der Waals surface area contributed by atoms with Gasteiger partial charge in [-0.25, -0.2) is 22.8 Å². The Hall–Kier alpha value is -14.4.